The predicted octanol–water partition coefficient (Wildman–Crippen LogP) is 4.65. The Morgan fingerprint density at radius 1 is 1.08 bits per heavy atom. The fraction of sp³-hybridized carbons (Fsp3) is 0.700. The van der Waals surface area contributed by atoms with E-state index in [0.29, 0.717) is 19.0 Å². The largest absolute Gasteiger partial charge is 0.495 e. The van der Waals surface area contributed by atoms with Crippen LogP contribution in [0.15, 0.2) is 23.1 Å². The van der Waals surface area contributed by atoms with Gasteiger partial charge in [0.15, 0.2) is 9.84 Å². The van der Waals surface area contributed by atoms with Gasteiger partial charge in [0.25, 0.3) is 0 Å². The van der Waals surface area contributed by atoms with Gasteiger partial charge in [0.05, 0.1) is 19.5 Å². The standard InChI is InChI=1S/C20H34O4S/c1-16-9-10-18(17(13-16)23-7)25(21,22)15-20(5,6)11-8-12-24-14-19(2,3)4/h9-10,13H,8,11-12,14-15H2,1-7H3. The molecule has 1 rings (SSSR count). The third kappa shape index (κ3) is 7.78. The summed E-state index contributed by atoms with van der Waals surface area (Å²) in [6.45, 7) is 13.7. The van der Waals surface area contributed by atoms with Gasteiger partial charge in [-0.05, 0) is 48.3 Å². The molecule has 0 amide bonds. The van der Waals surface area contributed by atoms with Crippen molar-refractivity contribution in [2.75, 3.05) is 26.1 Å². The Labute approximate surface area is 153 Å². The van der Waals surface area contributed by atoms with Crippen LogP contribution in [0.3, 0.4) is 0 Å². The van der Waals surface area contributed by atoms with Gasteiger partial charge in [-0.15, -0.1) is 0 Å². The maximum Gasteiger partial charge on any atom is 0.182 e. The lowest BCUT2D eigenvalue weighted by atomic mass is 9.90. The molecule has 0 unspecified atom stereocenters. The fourth-order valence-corrected chi connectivity index (χ4v) is 4.78. The van der Waals surface area contributed by atoms with E-state index in [4.69, 9.17) is 9.47 Å². The van der Waals surface area contributed by atoms with E-state index in [0.717, 1.165) is 18.4 Å². The lowest BCUT2D eigenvalue weighted by molar-refractivity contribution is 0.0649. The molecule has 0 saturated carbocycles. The summed E-state index contributed by atoms with van der Waals surface area (Å²) in [6, 6.07) is 5.22. The number of rotatable bonds is 9. The van der Waals surface area contributed by atoms with Crippen LogP contribution in [0.25, 0.3) is 0 Å². The summed E-state index contributed by atoms with van der Waals surface area (Å²) in [5.41, 5.74) is 0.812. The molecule has 0 aromatic heterocycles. The number of aryl methyl sites for hydroxylation is 1. The molecule has 25 heavy (non-hydrogen) atoms. The molecule has 144 valence electrons. The zero-order valence-electron chi connectivity index (χ0n) is 16.8. The van der Waals surface area contributed by atoms with Crippen LogP contribution in [0.4, 0.5) is 0 Å². The smallest absolute Gasteiger partial charge is 0.182 e. The Kier molecular flexibility index (Phi) is 7.51. The lowest BCUT2D eigenvalue weighted by Gasteiger charge is -2.25. The van der Waals surface area contributed by atoms with E-state index in [9.17, 15) is 8.42 Å². The summed E-state index contributed by atoms with van der Waals surface area (Å²) in [4.78, 5) is 0.276. The molecule has 0 aliphatic rings. The number of benzene rings is 1. The first kappa shape index (κ1) is 22.0. The molecule has 0 spiro atoms. The van der Waals surface area contributed by atoms with Crippen molar-refractivity contribution in [1.29, 1.82) is 0 Å². The van der Waals surface area contributed by atoms with Crippen LogP contribution in [0.2, 0.25) is 0 Å². The maximum atomic E-state index is 12.8. The number of hydrogen-bond acceptors (Lipinski definition) is 4. The quantitative estimate of drug-likeness (QED) is 0.594. The predicted molar refractivity (Wildman–Crippen MR) is 103 cm³/mol. The monoisotopic (exact) mass is 370 g/mol. The van der Waals surface area contributed by atoms with E-state index in [1.807, 2.05) is 26.8 Å². The van der Waals surface area contributed by atoms with Crippen molar-refractivity contribution in [3.63, 3.8) is 0 Å². The van der Waals surface area contributed by atoms with Crippen LogP contribution in [-0.4, -0.2) is 34.5 Å². The zero-order valence-corrected chi connectivity index (χ0v) is 17.6. The molecule has 0 radical (unpaired) electrons. The number of methoxy groups -OCH3 is 1. The molecule has 0 heterocycles. The SMILES string of the molecule is COc1cc(C)ccc1S(=O)(=O)CC(C)(C)CCCOCC(C)(C)C. The van der Waals surface area contributed by atoms with Crippen molar-refractivity contribution < 1.29 is 17.9 Å². The lowest BCUT2D eigenvalue weighted by Crippen LogP contribution is -2.25. The average molecular weight is 371 g/mol. The third-order valence-corrected chi connectivity index (χ3v) is 6.08. The van der Waals surface area contributed by atoms with Crippen LogP contribution in [0, 0.1) is 17.8 Å². The Morgan fingerprint density at radius 3 is 2.28 bits per heavy atom. The van der Waals surface area contributed by atoms with Gasteiger partial charge in [-0.2, -0.15) is 0 Å². The van der Waals surface area contributed by atoms with Crippen LogP contribution >= 0.6 is 0 Å². The highest BCUT2D eigenvalue weighted by molar-refractivity contribution is 7.91. The van der Waals surface area contributed by atoms with Crippen molar-refractivity contribution in [2.45, 2.75) is 59.3 Å². The summed E-state index contributed by atoms with van der Waals surface area (Å²) in [5.74, 6) is 0.517. The maximum absolute atomic E-state index is 12.8. The second-order valence-electron chi connectivity index (χ2n) is 8.79. The minimum atomic E-state index is -3.41. The molecule has 1 aromatic rings. The Morgan fingerprint density at radius 2 is 1.72 bits per heavy atom. The van der Waals surface area contributed by atoms with Crippen molar-refractivity contribution in [3.8, 4) is 5.75 Å². The second-order valence-corrected chi connectivity index (χ2v) is 10.8. The van der Waals surface area contributed by atoms with Gasteiger partial charge in [0.2, 0.25) is 0 Å². The van der Waals surface area contributed by atoms with E-state index in [-0.39, 0.29) is 21.5 Å². The van der Waals surface area contributed by atoms with E-state index in [1.54, 1.807) is 12.1 Å². The Bertz CT molecular complexity index is 655. The first-order valence-electron chi connectivity index (χ1n) is 8.81. The molecule has 0 aliphatic heterocycles. The van der Waals surface area contributed by atoms with Gasteiger partial charge < -0.3 is 9.47 Å². The van der Waals surface area contributed by atoms with Crippen molar-refractivity contribution in [1.82, 2.24) is 0 Å². The molecule has 0 N–H and O–H groups in total. The Hall–Kier alpha value is -1.07. The minimum absolute atomic E-state index is 0.0959. The summed E-state index contributed by atoms with van der Waals surface area (Å²) in [7, 11) is -1.90. The minimum Gasteiger partial charge on any atom is -0.495 e. The molecule has 0 bridgehead atoms. The molecule has 5 heteroatoms. The van der Waals surface area contributed by atoms with E-state index < -0.39 is 9.84 Å². The summed E-state index contributed by atoms with van der Waals surface area (Å²) in [5, 5.41) is 0. The third-order valence-electron chi connectivity index (χ3n) is 3.91. The van der Waals surface area contributed by atoms with Gasteiger partial charge in [0, 0.05) is 6.61 Å². The molecular formula is C20H34O4S. The molecule has 4 nitrogen and oxygen atoms in total. The molecule has 0 aliphatic carbocycles. The highest BCUT2D eigenvalue weighted by Gasteiger charge is 2.29. The van der Waals surface area contributed by atoms with Gasteiger partial charge >= 0.3 is 0 Å². The topological polar surface area (TPSA) is 52.6 Å². The van der Waals surface area contributed by atoms with Crippen molar-refractivity contribution in [3.05, 3.63) is 23.8 Å². The van der Waals surface area contributed by atoms with Crippen molar-refractivity contribution >= 4 is 9.84 Å². The van der Waals surface area contributed by atoms with Crippen LogP contribution in [-0.2, 0) is 14.6 Å². The summed E-state index contributed by atoms with van der Waals surface area (Å²) >= 11 is 0. The van der Waals surface area contributed by atoms with E-state index in [1.165, 1.54) is 7.11 Å². The van der Waals surface area contributed by atoms with E-state index in [2.05, 4.69) is 20.8 Å². The molecule has 1 aromatic carbocycles. The Balaban J connectivity index is 2.68. The van der Waals surface area contributed by atoms with Gasteiger partial charge in [0.1, 0.15) is 10.6 Å². The van der Waals surface area contributed by atoms with Gasteiger partial charge in [-0.25, -0.2) is 8.42 Å². The molecule has 0 fully saturated rings. The molecule has 0 atom stereocenters. The summed E-state index contributed by atoms with van der Waals surface area (Å²) < 4.78 is 36.7. The fourth-order valence-electron chi connectivity index (χ4n) is 2.73. The normalized spacial score (nSPS) is 13.1. The van der Waals surface area contributed by atoms with Crippen LogP contribution in [0.5, 0.6) is 5.75 Å². The molecular weight excluding hydrogens is 336 g/mol. The number of hydrogen-bond donors (Lipinski definition) is 0. The highest BCUT2D eigenvalue weighted by atomic mass is 32.2. The van der Waals surface area contributed by atoms with Crippen molar-refractivity contribution in [2.24, 2.45) is 10.8 Å². The van der Waals surface area contributed by atoms with Gasteiger partial charge in [-0.3, -0.25) is 0 Å². The summed E-state index contributed by atoms with van der Waals surface area (Å²) in [6.07, 6.45) is 1.65. The highest BCUT2D eigenvalue weighted by Crippen LogP contribution is 2.32. The van der Waals surface area contributed by atoms with E-state index >= 15 is 0 Å². The number of sulfone groups is 1. The van der Waals surface area contributed by atoms with Crippen LogP contribution < -0.4 is 4.74 Å². The molecule has 0 saturated heterocycles. The first-order chi connectivity index (χ1) is 11.4. The van der Waals surface area contributed by atoms with Gasteiger partial charge in [-0.1, -0.05) is 40.7 Å². The average Bonchev–Trinajstić information content (AvgIpc) is 2.43. The zero-order chi connectivity index (χ0) is 19.3. The second kappa shape index (κ2) is 8.54. The number of ether oxygens (including phenoxy) is 2. The van der Waals surface area contributed by atoms with Crippen LogP contribution in [0.1, 0.15) is 53.0 Å². The first-order valence-corrected chi connectivity index (χ1v) is 10.5.